The Hall–Kier alpha value is -0.120. The van der Waals surface area contributed by atoms with Gasteiger partial charge in [-0.2, -0.15) is 0 Å². The van der Waals surface area contributed by atoms with Gasteiger partial charge in [-0.1, -0.05) is 19.8 Å². The zero-order valence-electron chi connectivity index (χ0n) is 13.6. The number of unbranched alkanes of at least 4 members (excludes halogenated alkanes) is 1. The van der Waals surface area contributed by atoms with E-state index in [9.17, 15) is 0 Å². The van der Waals surface area contributed by atoms with Crippen molar-refractivity contribution in [2.75, 3.05) is 13.1 Å². The van der Waals surface area contributed by atoms with E-state index >= 15 is 0 Å². The van der Waals surface area contributed by atoms with E-state index in [1.165, 1.54) is 45.2 Å². The molecule has 0 bridgehead atoms. The van der Waals surface area contributed by atoms with Crippen LogP contribution in [0.2, 0.25) is 0 Å². The van der Waals surface area contributed by atoms with E-state index in [0.29, 0.717) is 6.17 Å². The smallest absolute Gasteiger partial charge is 0.0600 e. The van der Waals surface area contributed by atoms with Crippen molar-refractivity contribution in [1.82, 2.24) is 15.5 Å². The van der Waals surface area contributed by atoms with E-state index < -0.39 is 0 Å². The minimum Gasteiger partial charge on any atom is -0.307 e. The molecule has 3 nitrogen and oxygen atoms in total. The average molecular weight is 267 g/mol. The lowest BCUT2D eigenvalue weighted by Crippen LogP contribution is -2.63. The number of nitrogens with zero attached hydrogens (tertiary/aromatic N) is 1. The monoisotopic (exact) mass is 267 g/mol. The number of hydrogen-bond donors (Lipinski definition) is 2. The summed E-state index contributed by atoms with van der Waals surface area (Å²) in [5.74, 6) is 0. The van der Waals surface area contributed by atoms with Gasteiger partial charge < -0.3 is 10.6 Å². The standard InChI is InChI=1S/C16H33N3/c1-6-7-8-14-17-9-10-19(14)13-11-15(2,3)18-16(4,5)12-13/h13-14,17-18H,6-12H2,1-5H3. The zero-order valence-corrected chi connectivity index (χ0v) is 13.6. The van der Waals surface area contributed by atoms with Crippen LogP contribution in [0.5, 0.6) is 0 Å². The second kappa shape index (κ2) is 5.71. The molecule has 2 rings (SSSR count). The van der Waals surface area contributed by atoms with Crippen LogP contribution in [0.1, 0.15) is 66.7 Å². The van der Waals surface area contributed by atoms with E-state index in [1.54, 1.807) is 0 Å². The first-order valence-corrected chi connectivity index (χ1v) is 8.11. The van der Waals surface area contributed by atoms with Gasteiger partial charge in [0.05, 0.1) is 6.17 Å². The lowest BCUT2D eigenvalue weighted by molar-refractivity contribution is 0.0530. The van der Waals surface area contributed by atoms with E-state index in [-0.39, 0.29) is 11.1 Å². The molecule has 2 aliphatic heterocycles. The molecule has 1 unspecified atom stereocenters. The third-order valence-corrected chi connectivity index (χ3v) is 4.62. The van der Waals surface area contributed by atoms with Gasteiger partial charge in [-0.3, -0.25) is 4.90 Å². The SMILES string of the molecule is CCCCC1NCCN1C1CC(C)(C)NC(C)(C)C1. The van der Waals surface area contributed by atoms with E-state index in [2.05, 4.69) is 50.2 Å². The Morgan fingerprint density at radius 3 is 2.32 bits per heavy atom. The van der Waals surface area contributed by atoms with E-state index in [4.69, 9.17) is 0 Å². The van der Waals surface area contributed by atoms with Crippen LogP contribution < -0.4 is 10.6 Å². The van der Waals surface area contributed by atoms with Gasteiger partial charge in [0.15, 0.2) is 0 Å². The van der Waals surface area contributed by atoms with Crippen LogP contribution in [0.15, 0.2) is 0 Å². The van der Waals surface area contributed by atoms with Gasteiger partial charge in [-0.25, -0.2) is 0 Å². The molecule has 1 atom stereocenters. The summed E-state index contributed by atoms with van der Waals surface area (Å²) in [6, 6.07) is 0.725. The molecule has 2 heterocycles. The first-order chi connectivity index (χ1) is 8.83. The highest BCUT2D eigenvalue weighted by Gasteiger charge is 2.42. The summed E-state index contributed by atoms with van der Waals surface area (Å²) in [6.45, 7) is 14.1. The van der Waals surface area contributed by atoms with Crippen molar-refractivity contribution in [3.05, 3.63) is 0 Å². The second-order valence-corrected chi connectivity index (χ2v) is 7.80. The molecule has 0 radical (unpaired) electrons. The highest BCUT2D eigenvalue weighted by Crippen LogP contribution is 2.33. The van der Waals surface area contributed by atoms with Crippen molar-refractivity contribution < 1.29 is 0 Å². The van der Waals surface area contributed by atoms with Crippen molar-refractivity contribution >= 4 is 0 Å². The quantitative estimate of drug-likeness (QED) is 0.820. The van der Waals surface area contributed by atoms with Crippen molar-refractivity contribution in [3.63, 3.8) is 0 Å². The topological polar surface area (TPSA) is 27.3 Å². The molecule has 3 heteroatoms. The molecule has 2 saturated heterocycles. The lowest BCUT2D eigenvalue weighted by Gasteiger charge is -2.50. The first-order valence-electron chi connectivity index (χ1n) is 8.11. The zero-order chi connectivity index (χ0) is 14.1. The van der Waals surface area contributed by atoms with Gasteiger partial charge >= 0.3 is 0 Å². The summed E-state index contributed by atoms with van der Waals surface area (Å²) in [4.78, 5) is 2.75. The van der Waals surface area contributed by atoms with Crippen molar-refractivity contribution in [1.29, 1.82) is 0 Å². The lowest BCUT2D eigenvalue weighted by atomic mass is 9.79. The van der Waals surface area contributed by atoms with Gasteiger partial charge in [-0.15, -0.1) is 0 Å². The molecule has 0 aromatic carbocycles. The predicted molar refractivity (Wildman–Crippen MR) is 82.3 cm³/mol. The van der Waals surface area contributed by atoms with Crippen LogP contribution in [0.4, 0.5) is 0 Å². The second-order valence-electron chi connectivity index (χ2n) is 7.80. The molecule has 0 aromatic heterocycles. The van der Waals surface area contributed by atoms with Gasteiger partial charge in [0.25, 0.3) is 0 Å². The van der Waals surface area contributed by atoms with Crippen molar-refractivity contribution in [2.24, 2.45) is 0 Å². The minimum atomic E-state index is 0.254. The molecular weight excluding hydrogens is 234 g/mol. The Balaban J connectivity index is 2.03. The highest BCUT2D eigenvalue weighted by molar-refractivity contribution is 5.01. The van der Waals surface area contributed by atoms with Crippen LogP contribution in [-0.4, -0.2) is 41.3 Å². The Morgan fingerprint density at radius 1 is 1.11 bits per heavy atom. The fraction of sp³-hybridized carbons (Fsp3) is 1.00. The molecule has 0 spiro atoms. The van der Waals surface area contributed by atoms with Crippen LogP contribution in [0.25, 0.3) is 0 Å². The van der Waals surface area contributed by atoms with E-state index in [1.807, 2.05) is 0 Å². The number of hydrogen-bond acceptors (Lipinski definition) is 3. The Kier molecular flexibility index (Phi) is 4.59. The summed E-state index contributed by atoms with van der Waals surface area (Å²) in [7, 11) is 0. The first kappa shape index (κ1) is 15.3. The summed E-state index contributed by atoms with van der Waals surface area (Å²) in [5, 5.41) is 7.50. The maximum absolute atomic E-state index is 3.80. The molecule has 2 fully saturated rings. The van der Waals surface area contributed by atoms with Crippen molar-refractivity contribution in [3.8, 4) is 0 Å². The highest BCUT2D eigenvalue weighted by atomic mass is 15.3. The van der Waals surface area contributed by atoms with Crippen LogP contribution in [-0.2, 0) is 0 Å². The third kappa shape index (κ3) is 3.93. The third-order valence-electron chi connectivity index (χ3n) is 4.62. The molecule has 19 heavy (non-hydrogen) atoms. The normalized spacial score (nSPS) is 31.7. The maximum Gasteiger partial charge on any atom is 0.0600 e. The molecule has 0 aliphatic carbocycles. The largest absolute Gasteiger partial charge is 0.307 e. The summed E-state index contributed by atoms with van der Waals surface area (Å²) in [5.41, 5.74) is 0.509. The van der Waals surface area contributed by atoms with Crippen LogP contribution in [0, 0.1) is 0 Å². The fourth-order valence-electron chi connectivity index (χ4n) is 4.24. The number of nitrogens with one attached hydrogen (secondary N) is 2. The summed E-state index contributed by atoms with van der Waals surface area (Å²) in [6.07, 6.45) is 7.10. The Labute approximate surface area is 119 Å². The van der Waals surface area contributed by atoms with Gasteiger partial charge in [0, 0.05) is 30.2 Å². The molecule has 0 saturated carbocycles. The van der Waals surface area contributed by atoms with Crippen molar-refractivity contribution in [2.45, 2.75) is 90.0 Å². The molecule has 2 aliphatic rings. The Morgan fingerprint density at radius 2 is 1.74 bits per heavy atom. The summed E-state index contributed by atoms with van der Waals surface area (Å²) >= 11 is 0. The fourth-order valence-corrected chi connectivity index (χ4v) is 4.24. The molecule has 0 amide bonds. The minimum absolute atomic E-state index is 0.254. The molecule has 2 N–H and O–H groups in total. The Bertz CT molecular complexity index is 282. The maximum atomic E-state index is 3.80. The molecule has 0 aromatic rings. The van der Waals surface area contributed by atoms with Gasteiger partial charge in [-0.05, 0) is 47.0 Å². The molecule has 112 valence electrons. The van der Waals surface area contributed by atoms with Crippen LogP contribution in [0.3, 0.4) is 0 Å². The van der Waals surface area contributed by atoms with Gasteiger partial charge in [0.2, 0.25) is 0 Å². The van der Waals surface area contributed by atoms with E-state index in [0.717, 1.165) is 6.04 Å². The summed E-state index contributed by atoms with van der Waals surface area (Å²) < 4.78 is 0. The number of piperidine rings is 1. The van der Waals surface area contributed by atoms with Gasteiger partial charge in [0.1, 0.15) is 0 Å². The van der Waals surface area contributed by atoms with Crippen LogP contribution >= 0.6 is 0 Å². The number of rotatable bonds is 4. The molecular formula is C16H33N3. The average Bonchev–Trinajstić information content (AvgIpc) is 2.69. The predicted octanol–water partition coefficient (Wildman–Crippen LogP) is 2.72.